The van der Waals surface area contributed by atoms with Crippen LogP contribution in [0, 0.1) is 0 Å². The summed E-state index contributed by atoms with van der Waals surface area (Å²) in [5, 5.41) is 8.54. The van der Waals surface area contributed by atoms with Gasteiger partial charge in [-0.1, -0.05) is 26.7 Å². The fourth-order valence-corrected chi connectivity index (χ4v) is 1.30. The van der Waals surface area contributed by atoms with E-state index >= 15 is 0 Å². The van der Waals surface area contributed by atoms with Crippen LogP contribution in [0.1, 0.15) is 46.0 Å². The SMILES string of the molecule is CCCCN(CCCC)C(=O)CC(=O)O. The minimum atomic E-state index is -1.04. The molecule has 0 aromatic rings. The van der Waals surface area contributed by atoms with Crippen LogP contribution in [0.3, 0.4) is 0 Å². The van der Waals surface area contributed by atoms with Crippen LogP contribution in [-0.2, 0) is 9.59 Å². The van der Waals surface area contributed by atoms with Gasteiger partial charge >= 0.3 is 5.97 Å². The molecule has 0 spiro atoms. The number of amides is 1. The topological polar surface area (TPSA) is 57.6 Å². The van der Waals surface area contributed by atoms with Crippen molar-refractivity contribution in [3.63, 3.8) is 0 Å². The van der Waals surface area contributed by atoms with Crippen molar-refractivity contribution in [2.75, 3.05) is 13.1 Å². The highest BCUT2D eigenvalue weighted by Gasteiger charge is 2.15. The van der Waals surface area contributed by atoms with Gasteiger partial charge in [0.2, 0.25) is 5.91 Å². The number of rotatable bonds is 8. The summed E-state index contributed by atoms with van der Waals surface area (Å²) in [5.41, 5.74) is 0. The Morgan fingerprint density at radius 1 is 1.07 bits per heavy atom. The summed E-state index contributed by atoms with van der Waals surface area (Å²) in [6.07, 6.45) is 3.53. The molecule has 0 fully saturated rings. The highest BCUT2D eigenvalue weighted by atomic mass is 16.4. The normalized spacial score (nSPS) is 10.0. The van der Waals surface area contributed by atoms with Crippen LogP contribution < -0.4 is 0 Å². The minimum absolute atomic E-state index is 0.260. The molecule has 4 nitrogen and oxygen atoms in total. The monoisotopic (exact) mass is 215 g/mol. The highest BCUT2D eigenvalue weighted by molar-refractivity contribution is 5.93. The van der Waals surface area contributed by atoms with Crippen molar-refractivity contribution in [3.05, 3.63) is 0 Å². The Morgan fingerprint density at radius 3 is 1.87 bits per heavy atom. The predicted molar refractivity (Wildman–Crippen MR) is 58.6 cm³/mol. The Morgan fingerprint density at radius 2 is 1.53 bits per heavy atom. The third-order valence-electron chi connectivity index (χ3n) is 2.22. The molecule has 88 valence electrons. The Kier molecular flexibility index (Phi) is 7.68. The molecule has 0 aromatic carbocycles. The van der Waals surface area contributed by atoms with E-state index in [1.807, 2.05) is 0 Å². The fraction of sp³-hybridized carbons (Fsp3) is 0.818. The lowest BCUT2D eigenvalue weighted by molar-refractivity contribution is -0.144. The third kappa shape index (κ3) is 6.94. The van der Waals surface area contributed by atoms with Crippen molar-refractivity contribution in [1.29, 1.82) is 0 Å². The molecule has 0 heterocycles. The molecular formula is C11H21NO3. The zero-order chi connectivity index (χ0) is 11.7. The Labute approximate surface area is 91.3 Å². The molecule has 0 aliphatic carbocycles. The van der Waals surface area contributed by atoms with Gasteiger partial charge in [-0.05, 0) is 12.8 Å². The van der Waals surface area contributed by atoms with Gasteiger partial charge < -0.3 is 10.0 Å². The molecule has 4 heteroatoms. The maximum Gasteiger partial charge on any atom is 0.312 e. The summed E-state index contributed by atoms with van der Waals surface area (Å²) < 4.78 is 0. The first-order valence-electron chi connectivity index (χ1n) is 5.61. The molecule has 0 saturated carbocycles. The van der Waals surface area contributed by atoms with Crippen LogP contribution in [0.25, 0.3) is 0 Å². The Hall–Kier alpha value is -1.06. The lowest BCUT2D eigenvalue weighted by Crippen LogP contribution is -2.34. The standard InChI is InChI=1S/C11H21NO3/c1-3-5-7-12(8-6-4-2)10(13)9-11(14)15/h3-9H2,1-2H3,(H,14,15). The largest absolute Gasteiger partial charge is 0.481 e. The van der Waals surface area contributed by atoms with Crippen molar-refractivity contribution in [2.45, 2.75) is 46.0 Å². The molecule has 0 aliphatic heterocycles. The van der Waals surface area contributed by atoms with Crippen LogP contribution >= 0.6 is 0 Å². The lowest BCUT2D eigenvalue weighted by atomic mass is 10.2. The minimum Gasteiger partial charge on any atom is -0.481 e. The fourth-order valence-electron chi connectivity index (χ4n) is 1.30. The molecule has 0 aromatic heterocycles. The summed E-state index contributed by atoms with van der Waals surface area (Å²) in [6, 6.07) is 0. The Bertz CT molecular complexity index is 196. The van der Waals surface area contributed by atoms with Crippen LogP contribution in [0.2, 0.25) is 0 Å². The first-order chi connectivity index (χ1) is 7.11. The predicted octanol–water partition coefficient (Wildman–Crippen LogP) is 1.89. The first kappa shape index (κ1) is 13.9. The summed E-state index contributed by atoms with van der Waals surface area (Å²) >= 11 is 0. The number of carboxylic acids is 1. The number of unbranched alkanes of at least 4 members (excludes halogenated alkanes) is 2. The first-order valence-corrected chi connectivity index (χ1v) is 5.61. The van der Waals surface area contributed by atoms with E-state index in [1.54, 1.807) is 4.90 Å². The van der Waals surface area contributed by atoms with E-state index in [0.29, 0.717) is 13.1 Å². The average molecular weight is 215 g/mol. The van der Waals surface area contributed by atoms with Crippen molar-refractivity contribution >= 4 is 11.9 Å². The van der Waals surface area contributed by atoms with E-state index in [-0.39, 0.29) is 12.3 Å². The number of carboxylic acid groups (broad SMARTS) is 1. The van der Waals surface area contributed by atoms with E-state index < -0.39 is 5.97 Å². The quantitative estimate of drug-likeness (QED) is 0.629. The molecule has 0 bridgehead atoms. The highest BCUT2D eigenvalue weighted by Crippen LogP contribution is 2.02. The molecule has 1 N–H and O–H groups in total. The molecule has 0 saturated heterocycles. The van der Waals surface area contributed by atoms with E-state index in [9.17, 15) is 9.59 Å². The van der Waals surface area contributed by atoms with Crippen molar-refractivity contribution < 1.29 is 14.7 Å². The van der Waals surface area contributed by atoms with Gasteiger partial charge in [0.1, 0.15) is 6.42 Å². The maximum absolute atomic E-state index is 11.5. The molecule has 0 radical (unpaired) electrons. The zero-order valence-corrected chi connectivity index (χ0v) is 9.66. The van der Waals surface area contributed by atoms with Crippen LogP contribution in [0.15, 0.2) is 0 Å². The maximum atomic E-state index is 11.5. The second-order valence-corrected chi connectivity index (χ2v) is 3.66. The zero-order valence-electron chi connectivity index (χ0n) is 9.66. The summed E-state index contributed by atoms with van der Waals surface area (Å²) in [4.78, 5) is 23.6. The van der Waals surface area contributed by atoms with Gasteiger partial charge in [0.25, 0.3) is 0 Å². The van der Waals surface area contributed by atoms with Crippen LogP contribution in [-0.4, -0.2) is 35.0 Å². The van der Waals surface area contributed by atoms with Crippen molar-refractivity contribution in [1.82, 2.24) is 4.90 Å². The Balaban J connectivity index is 4.07. The number of hydrogen-bond donors (Lipinski definition) is 1. The number of nitrogens with zero attached hydrogens (tertiary/aromatic N) is 1. The third-order valence-corrected chi connectivity index (χ3v) is 2.22. The molecule has 0 unspecified atom stereocenters. The van der Waals surface area contributed by atoms with Gasteiger partial charge in [0.05, 0.1) is 0 Å². The van der Waals surface area contributed by atoms with Gasteiger partial charge in [0.15, 0.2) is 0 Å². The molecule has 15 heavy (non-hydrogen) atoms. The van der Waals surface area contributed by atoms with Crippen LogP contribution in [0.4, 0.5) is 0 Å². The molecule has 1 amide bonds. The molecule has 0 rings (SSSR count). The van der Waals surface area contributed by atoms with Gasteiger partial charge in [0, 0.05) is 13.1 Å². The van der Waals surface area contributed by atoms with Crippen LogP contribution in [0.5, 0.6) is 0 Å². The van der Waals surface area contributed by atoms with E-state index in [2.05, 4.69) is 13.8 Å². The second kappa shape index (κ2) is 8.26. The van der Waals surface area contributed by atoms with E-state index in [4.69, 9.17) is 5.11 Å². The number of carbonyl (C=O) groups excluding carboxylic acids is 1. The lowest BCUT2D eigenvalue weighted by Gasteiger charge is -2.21. The second-order valence-electron chi connectivity index (χ2n) is 3.66. The van der Waals surface area contributed by atoms with Crippen molar-refractivity contribution in [2.24, 2.45) is 0 Å². The van der Waals surface area contributed by atoms with Gasteiger partial charge in [-0.15, -0.1) is 0 Å². The molecular weight excluding hydrogens is 194 g/mol. The molecule has 0 aliphatic rings. The smallest absolute Gasteiger partial charge is 0.312 e. The van der Waals surface area contributed by atoms with Gasteiger partial charge in [-0.2, -0.15) is 0 Å². The van der Waals surface area contributed by atoms with E-state index in [0.717, 1.165) is 25.7 Å². The van der Waals surface area contributed by atoms with E-state index in [1.165, 1.54) is 0 Å². The number of aliphatic carboxylic acids is 1. The summed E-state index contributed by atoms with van der Waals surface area (Å²) in [6.45, 7) is 5.48. The van der Waals surface area contributed by atoms with Crippen molar-refractivity contribution in [3.8, 4) is 0 Å². The summed E-state index contributed by atoms with van der Waals surface area (Å²) in [7, 11) is 0. The van der Waals surface area contributed by atoms with Gasteiger partial charge in [-0.25, -0.2) is 0 Å². The molecule has 0 atom stereocenters. The number of hydrogen-bond acceptors (Lipinski definition) is 2. The average Bonchev–Trinajstić information content (AvgIpc) is 2.17. The number of carbonyl (C=O) groups is 2. The van der Waals surface area contributed by atoms with Gasteiger partial charge in [-0.3, -0.25) is 9.59 Å². The summed E-state index contributed by atoms with van der Waals surface area (Å²) in [5.74, 6) is -1.30.